The molecule has 132 valence electrons. The van der Waals surface area contributed by atoms with Crippen molar-refractivity contribution in [3.05, 3.63) is 80.1 Å². The largest absolute Gasteiger partial charge is 0.467 e. The van der Waals surface area contributed by atoms with Gasteiger partial charge in [-0.3, -0.25) is 4.79 Å². The second kappa shape index (κ2) is 7.42. The topological polar surface area (TPSA) is 47.2 Å². The van der Waals surface area contributed by atoms with Crippen LogP contribution in [-0.2, 0) is 13.1 Å². The van der Waals surface area contributed by atoms with Crippen molar-refractivity contribution < 1.29 is 9.21 Å². The van der Waals surface area contributed by atoms with Gasteiger partial charge in [-0.1, -0.05) is 28.1 Å². The molecule has 7 heteroatoms. The van der Waals surface area contributed by atoms with Gasteiger partial charge in [-0.25, -0.2) is 0 Å². The summed E-state index contributed by atoms with van der Waals surface area (Å²) in [5.41, 5.74) is 2.83. The number of nitrogens with zero attached hydrogens (tertiary/aromatic N) is 1. The predicted molar refractivity (Wildman–Crippen MR) is 111 cm³/mol. The molecule has 0 unspecified atom stereocenters. The van der Waals surface area contributed by atoms with Gasteiger partial charge in [0.2, 0.25) is 0 Å². The molecule has 3 aromatic heterocycles. The van der Waals surface area contributed by atoms with E-state index in [2.05, 4.69) is 59.9 Å². The van der Waals surface area contributed by atoms with Crippen LogP contribution in [0.4, 0.5) is 0 Å². The van der Waals surface area contributed by atoms with E-state index in [-0.39, 0.29) is 5.91 Å². The lowest BCUT2D eigenvalue weighted by Gasteiger charge is -2.11. The lowest BCUT2D eigenvalue weighted by Crippen LogP contribution is -2.25. The summed E-state index contributed by atoms with van der Waals surface area (Å²) in [6.45, 7) is 0.996. The number of carbonyl (C=O) groups is 1. The lowest BCUT2D eigenvalue weighted by molar-refractivity contribution is 0.0939. The van der Waals surface area contributed by atoms with Crippen molar-refractivity contribution in [1.29, 1.82) is 0 Å². The third kappa shape index (κ3) is 3.65. The summed E-state index contributed by atoms with van der Waals surface area (Å²) < 4.78 is 10.5. The molecule has 1 N–H and O–H groups in total. The van der Waals surface area contributed by atoms with Crippen LogP contribution >= 0.6 is 43.2 Å². The quantitative estimate of drug-likeness (QED) is 0.382. The SMILES string of the molecule is O=C(NCc1ccco1)c1cc2sc(Br)cc2n1Cc1ccc(Br)cc1. The van der Waals surface area contributed by atoms with Gasteiger partial charge in [0.25, 0.3) is 5.91 Å². The Hall–Kier alpha value is -1.83. The molecular formula is C19H14Br2N2O2S. The standard InChI is InChI=1S/C19H14Br2N2O2S/c20-13-5-3-12(4-6-13)11-23-15-9-18(21)26-17(15)8-16(23)19(24)22-10-14-2-1-7-25-14/h1-9H,10-11H2,(H,22,24). The van der Waals surface area contributed by atoms with Crippen molar-refractivity contribution in [3.63, 3.8) is 0 Å². The Kier molecular flexibility index (Phi) is 5.02. The average Bonchev–Trinajstić information content (AvgIpc) is 3.32. The first-order valence-corrected chi connectivity index (χ1v) is 10.3. The van der Waals surface area contributed by atoms with E-state index < -0.39 is 0 Å². The van der Waals surface area contributed by atoms with Crippen LogP contribution in [0, 0.1) is 0 Å². The molecule has 1 aromatic carbocycles. The highest BCUT2D eigenvalue weighted by atomic mass is 79.9. The van der Waals surface area contributed by atoms with Crippen LogP contribution in [0.1, 0.15) is 21.8 Å². The number of hydrogen-bond donors (Lipinski definition) is 1. The molecular weight excluding hydrogens is 480 g/mol. The maximum atomic E-state index is 12.8. The van der Waals surface area contributed by atoms with Gasteiger partial charge in [-0.05, 0) is 57.9 Å². The smallest absolute Gasteiger partial charge is 0.268 e. The molecule has 0 aliphatic heterocycles. The second-order valence-electron chi connectivity index (χ2n) is 5.80. The molecule has 26 heavy (non-hydrogen) atoms. The van der Waals surface area contributed by atoms with E-state index in [1.807, 2.05) is 30.3 Å². The molecule has 0 aliphatic rings. The normalized spacial score (nSPS) is 11.2. The van der Waals surface area contributed by atoms with Crippen LogP contribution < -0.4 is 5.32 Å². The number of hydrogen-bond acceptors (Lipinski definition) is 3. The first-order chi connectivity index (χ1) is 12.6. The van der Waals surface area contributed by atoms with Crippen molar-refractivity contribution in [2.24, 2.45) is 0 Å². The van der Waals surface area contributed by atoms with Crippen LogP contribution in [0.2, 0.25) is 0 Å². The molecule has 0 bridgehead atoms. The molecule has 4 aromatic rings. The Morgan fingerprint density at radius 3 is 2.69 bits per heavy atom. The summed E-state index contributed by atoms with van der Waals surface area (Å²) in [4.78, 5) is 12.8. The zero-order valence-corrected chi connectivity index (χ0v) is 17.5. The Labute approximate surface area is 171 Å². The maximum Gasteiger partial charge on any atom is 0.268 e. The average molecular weight is 494 g/mol. The Morgan fingerprint density at radius 1 is 1.15 bits per heavy atom. The summed E-state index contributed by atoms with van der Waals surface area (Å²) in [7, 11) is 0. The predicted octanol–water partition coefficient (Wildman–Crippen LogP) is 5.80. The minimum Gasteiger partial charge on any atom is -0.467 e. The molecule has 0 aliphatic carbocycles. The highest BCUT2D eigenvalue weighted by Crippen LogP contribution is 2.33. The summed E-state index contributed by atoms with van der Waals surface area (Å²) in [6, 6.07) is 15.8. The fourth-order valence-electron chi connectivity index (χ4n) is 2.81. The molecule has 4 nitrogen and oxygen atoms in total. The van der Waals surface area contributed by atoms with Crippen molar-refractivity contribution >= 4 is 59.3 Å². The molecule has 0 saturated carbocycles. The number of rotatable bonds is 5. The number of halogens is 2. The minimum absolute atomic E-state index is 0.113. The zero-order chi connectivity index (χ0) is 18.1. The van der Waals surface area contributed by atoms with Gasteiger partial charge in [0, 0.05) is 11.0 Å². The van der Waals surface area contributed by atoms with E-state index in [9.17, 15) is 4.79 Å². The monoisotopic (exact) mass is 492 g/mol. The highest BCUT2D eigenvalue weighted by molar-refractivity contribution is 9.11. The van der Waals surface area contributed by atoms with Gasteiger partial charge >= 0.3 is 0 Å². The van der Waals surface area contributed by atoms with Crippen LogP contribution in [0.3, 0.4) is 0 Å². The first kappa shape index (κ1) is 17.6. The molecule has 0 saturated heterocycles. The molecule has 4 rings (SSSR count). The maximum absolute atomic E-state index is 12.8. The van der Waals surface area contributed by atoms with Crippen molar-refractivity contribution in [2.75, 3.05) is 0 Å². The number of fused-ring (bicyclic) bond motifs is 1. The van der Waals surface area contributed by atoms with E-state index in [4.69, 9.17) is 4.42 Å². The molecule has 1 amide bonds. The summed E-state index contributed by atoms with van der Waals surface area (Å²) in [6.07, 6.45) is 1.60. The molecule has 0 fully saturated rings. The number of thiophene rings is 1. The minimum atomic E-state index is -0.113. The van der Waals surface area contributed by atoms with Crippen LogP contribution in [0.15, 0.2) is 67.5 Å². The van der Waals surface area contributed by atoms with Gasteiger partial charge in [-0.15, -0.1) is 11.3 Å². The van der Waals surface area contributed by atoms with E-state index in [0.29, 0.717) is 18.8 Å². The number of amides is 1. The van der Waals surface area contributed by atoms with Gasteiger partial charge in [0.1, 0.15) is 11.5 Å². The fraction of sp³-hybridized carbons (Fsp3) is 0.105. The zero-order valence-electron chi connectivity index (χ0n) is 13.5. The van der Waals surface area contributed by atoms with E-state index in [1.54, 1.807) is 17.6 Å². The number of carbonyl (C=O) groups excluding carboxylic acids is 1. The van der Waals surface area contributed by atoms with Gasteiger partial charge < -0.3 is 14.3 Å². The number of furan rings is 1. The van der Waals surface area contributed by atoms with E-state index >= 15 is 0 Å². The fourth-order valence-corrected chi connectivity index (χ4v) is 4.64. The molecule has 0 radical (unpaired) electrons. The van der Waals surface area contributed by atoms with Crippen molar-refractivity contribution in [2.45, 2.75) is 13.1 Å². The van der Waals surface area contributed by atoms with Crippen molar-refractivity contribution in [1.82, 2.24) is 9.88 Å². The number of aromatic nitrogens is 1. The summed E-state index contributed by atoms with van der Waals surface area (Å²) in [5, 5.41) is 2.93. The summed E-state index contributed by atoms with van der Waals surface area (Å²) in [5.74, 6) is 0.618. The van der Waals surface area contributed by atoms with E-state index in [1.165, 1.54) is 0 Å². The van der Waals surface area contributed by atoms with Gasteiger partial charge in [-0.2, -0.15) is 0 Å². The second-order valence-corrected chi connectivity index (χ2v) is 9.18. The Morgan fingerprint density at radius 2 is 1.96 bits per heavy atom. The number of benzene rings is 1. The van der Waals surface area contributed by atoms with E-state index in [0.717, 1.165) is 29.8 Å². The van der Waals surface area contributed by atoms with Gasteiger partial charge in [0.05, 0.1) is 26.8 Å². The molecule has 0 spiro atoms. The highest BCUT2D eigenvalue weighted by Gasteiger charge is 2.18. The van der Waals surface area contributed by atoms with Gasteiger partial charge in [0.15, 0.2) is 0 Å². The third-order valence-corrected chi connectivity index (χ3v) is 6.15. The Bertz CT molecular complexity index is 1050. The van der Waals surface area contributed by atoms with Crippen LogP contribution in [0.5, 0.6) is 0 Å². The summed E-state index contributed by atoms with van der Waals surface area (Å²) >= 11 is 8.62. The Balaban J connectivity index is 1.65. The van der Waals surface area contributed by atoms with Crippen LogP contribution in [-0.4, -0.2) is 10.5 Å². The van der Waals surface area contributed by atoms with Crippen LogP contribution in [0.25, 0.3) is 10.2 Å². The molecule has 3 heterocycles. The van der Waals surface area contributed by atoms with Crippen molar-refractivity contribution in [3.8, 4) is 0 Å². The number of nitrogens with one attached hydrogen (secondary N) is 1. The molecule has 0 atom stereocenters. The lowest BCUT2D eigenvalue weighted by atomic mass is 10.2. The third-order valence-electron chi connectivity index (χ3n) is 4.05. The first-order valence-electron chi connectivity index (χ1n) is 7.94.